The summed E-state index contributed by atoms with van der Waals surface area (Å²) in [5.74, 6) is 0. The highest BCUT2D eigenvalue weighted by Gasteiger charge is 1.93. The molecule has 1 heterocycles. The van der Waals surface area contributed by atoms with Gasteiger partial charge in [-0.3, -0.25) is 0 Å². The van der Waals surface area contributed by atoms with E-state index in [2.05, 4.69) is 10.5 Å². The van der Waals surface area contributed by atoms with E-state index in [0.29, 0.717) is 0 Å². The largest absolute Gasteiger partial charge is 0.317 e. The third kappa shape index (κ3) is 10.8. The van der Waals surface area contributed by atoms with Gasteiger partial charge in [0.15, 0.2) is 10.9 Å². The number of hydrogen-bond donors (Lipinski definition) is 3. The fourth-order valence-corrected chi connectivity index (χ4v) is 0.802. The van der Waals surface area contributed by atoms with Gasteiger partial charge in [-0.15, -0.1) is 0 Å². The molecule has 0 aliphatic carbocycles. The second-order valence-electron chi connectivity index (χ2n) is 2.10. The minimum Gasteiger partial charge on any atom is -0.317 e. The molecule has 1 aliphatic rings. The Balaban J connectivity index is 0.000000180. The van der Waals surface area contributed by atoms with Gasteiger partial charge in [-0.1, -0.05) is 6.42 Å². The molecular weight excluding hydrogens is 152 g/mol. The Morgan fingerprint density at radius 1 is 1.10 bits per heavy atom. The van der Waals surface area contributed by atoms with Crippen LogP contribution in [-0.2, 0) is 10.9 Å². The smallest absolute Gasteiger partial charge is 0.198 e. The van der Waals surface area contributed by atoms with E-state index in [1.807, 2.05) is 0 Å². The molecule has 5 heteroatoms. The number of piperidine rings is 1. The van der Waals surface area contributed by atoms with E-state index in [-0.39, 0.29) is 0 Å². The lowest BCUT2D eigenvalue weighted by Crippen LogP contribution is -2.21. The van der Waals surface area contributed by atoms with Gasteiger partial charge in [0.2, 0.25) is 0 Å². The molecule has 0 aromatic rings. The molecule has 0 amide bonds. The van der Waals surface area contributed by atoms with E-state index < -0.39 is 10.9 Å². The van der Waals surface area contributed by atoms with Gasteiger partial charge in [-0.05, 0) is 25.9 Å². The van der Waals surface area contributed by atoms with Gasteiger partial charge < -0.3 is 5.32 Å². The maximum atomic E-state index is 8.81. The molecule has 0 atom stereocenters. The summed E-state index contributed by atoms with van der Waals surface area (Å²) in [4.78, 5) is 0. The zero-order valence-electron chi connectivity index (χ0n) is 5.88. The number of nitrogens with two attached hydrogens (primary N) is 1. The molecule has 0 bridgehead atoms. The van der Waals surface area contributed by atoms with Crippen LogP contribution in [0.5, 0.6) is 0 Å². The van der Waals surface area contributed by atoms with Crippen molar-refractivity contribution in [2.75, 3.05) is 13.1 Å². The topological polar surface area (TPSA) is 72.2 Å². The number of rotatable bonds is 0. The van der Waals surface area contributed by atoms with Crippen molar-refractivity contribution in [3.05, 3.63) is 0 Å². The lowest BCUT2D eigenvalue weighted by molar-refractivity contribution is 0.520. The average Bonchev–Trinajstić information content (AvgIpc) is 1.90. The van der Waals surface area contributed by atoms with Gasteiger partial charge in [-0.2, -0.15) is 0 Å². The molecule has 0 aromatic carbocycles. The third-order valence-electron chi connectivity index (χ3n) is 1.21. The van der Waals surface area contributed by atoms with Crippen LogP contribution in [0.3, 0.4) is 0 Å². The maximum Gasteiger partial charge on any atom is 0.198 e. The monoisotopic (exact) mass is 166 g/mol. The fraction of sp³-hybridized carbons (Fsp3) is 1.00. The Labute approximate surface area is 62.9 Å². The van der Waals surface area contributed by atoms with Crippen LogP contribution in [0.4, 0.5) is 0 Å². The van der Waals surface area contributed by atoms with Crippen molar-refractivity contribution < 1.29 is 8.42 Å². The Bertz CT molecular complexity index is 112. The number of nitrogens with one attached hydrogen (secondary N) is 1. The van der Waals surface area contributed by atoms with E-state index in [0.717, 1.165) is 0 Å². The minimum atomic E-state index is -2.62. The van der Waals surface area contributed by atoms with Crippen molar-refractivity contribution in [2.45, 2.75) is 19.3 Å². The van der Waals surface area contributed by atoms with Crippen LogP contribution in [0.1, 0.15) is 19.3 Å². The highest BCUT2D eigenvalue weighted by Crippen LogP contribution is 1.96. The molecule has 0 radical (unpaired) electrons. The molecule has 4 nitrogen and oxygen atoms in total. The number of thiol groups is 1. The molecular formula is C5H14N2O2S. The van der Waals surface area contributed by atoms with Crippen molar-refractivity contribution in [1.29, 1.82) is 0 Å². The highest BCUT2D eigenvalue weighted by molar-refractivity contribution is 7.69. The lowest BCUT2D eigenvalue weighted by atomic mass is 10.2. The van der Waals surface area contributed by atoms with Crippen LogP contribution in [-0.4, -0.2) is 21.5 Å². The summed E-state index contributed by atoms with van der Waals surface area (Å²) >= 11 is 0. The summed E-state index contributed by atoms with van der Waals surface area (Å²) in [6.07, 6.45) is 4.22. The third-order valence-corrected chi connectivity index (χ3v) is 1.21. The number of hydrogen-bond acceptors (Lipinski definition) is 3. The van der Waals surface area contributed by atoms with E-state index >= 15 is 0 Å². The Morgan fingerprint density at radius 3 is 1.60 bits per heavy atom. The summed E-state index contributed by atoms with van der Waals surface area (Å²) in [6, 6.07) is 0. The van der Waals surface area contributed by atoms with Crippen molar-refractivity contribution in [3.8, 4) is 0 Å². The summed E-state index contributed by atoms with van der Waals surface area (Å²) in [6.45, 7) is 2.50. The molecule has 3 N–H and O–H groups in total. The Morgan fingerprint density at radius 2 is 1.50 bits per heavy atom. The van der Waals surface area contributed by atoms with Crippen molar-refractivity contribution in [3.63, 3.8) is 0 Å². The van der Waals surface area contributed by atoms with Gasteiger partial charge in [0.05, 0.1) is 0 Å². The van der Waals surface area contributed by atoms with E-state index in [9.17, 15) is 0 Å². The van der Waals surface area contributed by atoms with Gasteiger partial charge in [0.1, 0.15) is 0 Å². The summed E-state index contributed by atoms with van der Waals surface area (Å²) in [5.41, 5.74) is 0. The first-order valence-electron chi connectivity index (χ1n) is 3.33. The van der Waals surface area contributed by atoms with Gasteiger partial charge >= 0.3 is 0 Å². The normalized spacial score (nSPS) is 17.8. The molecule has 1 fully saturated rings. The molecule has 10 heavy (non-hydrogen) atoms. The Kier molecular flexibility index (Phi) is 6.89. The van der Waals surface area contributed by atoms with Crippen molar-refractivity contribution in [1.82, 2.24) is 5.32 Å². The quantitative estimate of drug-likeness (QED) is 0.414. The first-order valence-corrected chi connectivity index (χ1v) is 4.58. The fourth-order valence-electron chi connectivity index (χ4n) is 0.802. The molecule has 62 valence electrons. The average molecular weight is 166 g/mol. The molecule has 1 rings (SSSR count). The second kappa shape index (κ2) is 6.98. The molecule has 0 unspecified atom stereocenters. The van der Waals surface area contributed by atoms with Crippen molar-refractivity contribution >= 4 is 10.9 Å². The predicted molar refractivity (Wildman–Crippen MR) is 41.2 cm³/mol. The van der Waals surface area contributed by atoms with Crippen LogP contribution in [0, 0.1) is 0 Å². The van der Waals surface area contributed by atoms with E-state index in [1.165, 1.54) is 32.4 Å². The molecule has 0 saturated carbocycles. The van der Waals surface area contributed by atoms with E-state index in [1.54, 1.807) is 0 Å². The summed E-state index contributed by atoms with van der Waals surface area (Å²) in [7, 11) is -2.62. The molecule has 0 spiro atoms. The zero-order valence-corrected chi connectivity index (χ0v) is 6.77. The van der Waals surface area contributed by atoms with Gasteiger partial charge in [-0.25, -0.2) is 13.6 Å². The highest BCUT2D eigenvalue weighted by atomic mass is 32.2. The summed E-state index contributed by atoms with van der Waals surface area (Å²) in [5, 5.41) is 7.35. The van der Waals surface area contributed by atoms with Crippen LogP contribution >= 0.6 is 0 Å². The van der Waals surface area contributed by atoms with Crippen LogP contribution in [0.2, 0.25) is 0 Å². The zero-order chi connectivity index (χ0) is 7.82. The Hall–Kier alpha value is -0.130. The standard InChI is InChI=1S/C5H11N.H3NO2S/c1-2-4-6-5-3-1;1-4(2)3/h6H,1-5H2;4H,(H2,1,2,3). The molecule has 0 aromatic heterocycles. The maximum absolute atomic E-state index is 8.81. The SMILES string of the molecule is C1CCNCC1.N[SH](=O)=O. The second-order valence-corrected chi connectivity index (χ2v) is 2.67. The first kappa shape index (κ1) is 9.87. The van der Waals surface area contributed by atoms with E-state index in [4.69, 9.17) is 8.42 Å². The van der Waals surface area contributed by atoms with Gasteiger partial charge in [0.25, 0.3) is 0 Å². The predicted octanol–water partition coefficient (Wildman–Crippen LogP) is -0.769. The minimum absolute atomic E-state index is 1.25. The molecule has 1 aliphatic heterocycles. The van der Waals surface area contributed by atoms with Crippen LogP contribution < -0.4 is 10.5 Å². The first-order chi connectivity index (χ1) is 4.73. The van der Waals surface area contributed by atoms with Crippen molar-refractivity contribution in [2.24, 2.45) is 5.14 Å². The van der Waals surface area contributed by atoms with Crippen LogP contribution in [0.15, 0.2) is 0 Å². The summed E-state index contributed by atoms with van der Waals surface area (Å²) < 4.78 is 17.6. The van der Waals surface area contributed by atoms with Crippen LogP contribution in [0.25, 0.3) is 0 Å². The van der Waals surface area contributed by atoms with Gasteiger partial charge in [0, 0.05) is 0 Å². The molecule has 1 saturated heterocycles. The lowest BCUT2D eigenvalue weighted by Gasteiger charge is -2.08.